The van der Waals surface area contributed by atoms with Gasteiger partial charge in [0.1, 0.15) is 42.4 Å². The number of aliphatic hydroxyl groups excluding tert-OH is 1. The van der Waals surface area contributed by atoms with Gasteiger partial charge in [-0.1, -0.05) is 45.1 Å². The lowest BCUT2D eigenvalue weighted by atomic mass is 9.82. The molecule has 3 saturated heterocycles. The minimum absolute atomic E-state index is 0.0447. The molecule has 4 heterocycles. The normalized spacial score (nSPS) is 41.2. The van der Waals surface area contributed by atoms with E-state index in [1.165, 1.54) is 14.0 Å². The number of hydrogen-bond acceptors (Lipinski definition) is 18. The fourth-order valence-corrected chi connectivity index (χ4v) is 10.1. The number of likely N-dealkylation sites (N-methyl/N-ethyl adjacent to an activating group) is 2. The predicted octanol–water partition coefficient (Wildman–Crippen LogP) is 4.49. The third-order valence-corrected chi connectivity index (χ3v) is 13.5. The third kappa shape index (κ3) is 16.3. The first-order valence-corrected chi connectivity index (χ1v) is 24.5. The Morgan fingerprint density at radius 2 is 1.59 bits per heavy atom. The zero-order valence-electron chi connectivity index (χ0n) is 43.0. The van der Waals surface area contributed by atoms with Gasteiger partial charge in [-0.2, -0.15) is 0 Å². The minimum Gasteiger partial charge on any atom is -0.462 e. The molecule has 0 unspecified atom stereocenters. The van der Waals surface area contributed by atoms with E-state index in [2.05, 4.69) is 4.90 Å². The van der Waals surface area contributed by atoms with Crippen molar-refractivity contribution in [3.8, 4) is 0 Å². The third-order valence-electron chi connectivity index (χ3n) is 13.5. The van der Waals surface area contributed by atoms with E-state index < -0.39 is 122 Å². The fourth-order valence-electron chi connectivity index (χ4n) is 10.1. The molecule has 18 heteroatoms. The van der Waals surface area contributed by atoms with Crippen LogP contribution in [0.5, 0.6) is 0 Å². The number of carbonyl (C=O) groups is 4. The topological polar surface area (TPSA) is 208 Å². The Bertz CT molecular complexity index is 1660. The minimum atomic E-state index is -1.51. The van der Waals surface area contributed by atoms with Crippen molar-refractivity contribution in [3.63, 3.8) is 0 Å². The molecular weight excluding hydrogens is 885 g/mol. The van der Waals surface area contributed by atoms with Crippen molar-refractivity contribution in [2.24, 2.45) is 17.8 Å². The van der Waals surface area contributed by atoms with Crippen LogP contribution in [-0.2, 0) is 66.5 Å². The molecule has 390 valence electrons. The van der Waals surface area contributed by atoms with Gasteiger partial charge in [-0.15, -0.1) is 0 Å². The second-order valence-corrected chi connectivity index (χ2v) is 20.5. The van der Waals surface area contributed by atoms with E-state index in [9.17, 15) is 29.4 Å². The van der Waals surface area contributed by atoms with E-state index in [4.69, 9.17) is 47.4 Å². The van der Waals surface area contributed by atoms with Crippen molar-refractivity contribution in [2.75, 3.05) is 35.3 Å². The van der Waals surface area contributed by atoms with E-state index in [0.29, 0.717) is 19.3 Å². The highest BCUT2D eigenvalue weighted by Crippen LogP contribution is 2.38. The largest absolute Gasteiger partial charge is 0.462 e. The van der Waals surface area contributed by atoms with E-state index in [0.717, 1.165) is 12.7 Å². The number of hydrogen-bond donors (Lipinski definition) is 2. The molecular formula is C50H84N2O16. The lowest BCUT2D eigenvalue weighted by molar-refractivity contribution is -0.344. The molecule has 0 spiro atoms. The summed E-state index contributed by atoms with van der Waals surface area (Å²) in [4.78, 5) is 55.5. The number of nitrogens with zero attached hydrogens (tertiary/aromatic N) is 2. The second kappa shape index (κ2) is 26.5. The molecule has 0 radical (unpaired) electrons. The van der Waals surface area contributed by atoms with Gasteiger partial charge in [-0.25, -0.2) is 0 Å². The Labute approximate surface area is 404 Å². The molecule has 19 atom stereocenters. The van der Waals surface area contributed by atoms with Crippen molar-refractivity contribution >= 4 is 24.2 Å². The van der Waals surface area contributed by atoms with E-state index in [1.807, 2.05) is 66.1 Å². The molecule has 18 nitrogen and oxygen atoms in total. The number of cyclic esters (lactones) is 1. The number of ether oxygens (including phenoxy) is 10. The average Bonchev–Trinajstić information content (AvgIpc) is 3.21. The molecule has 0 aliphatic carbocycles. The maximum absolute atomic E-state index is 13.5. The Morgan fingerprint density at radius 1 is 0.897 bits per heavy atom. The Morgan fingerprint density at radius 3 is 2.18 bits per heavy atom. The predicted molar refractivity (Wildman–Crippen MR) is 250 cm³/mol. The van der Waals surface area contributed by atoms with Gasteiger partial charge < -0.3 is 72.2 Å². The lowest BCUT2D eigenvalue weighted by Crippen LogP contribution is -2.66. The monoisotopic (exact) mass is 969 g/mol. The molecule has 68 heavy (non-hydrogen) atoms. The van der Waals surface area contributed by atoms with Crippen LogP contribution in [0.2, 0.25) is 0 Å². The summed E-state index contributed by atoms with van der Waals surface area (Å²) in [7, 11) is 9.01. The van der Waals surface area contributed by atoms with Crippen molar-refractivity contribution in [3.05, 3.63) is 24.3 Å². The highest BCUT2D eigenvalue weighted by molar-refractivity contribution is 5.72. The highest BCUT2D eigenvalue weighted by atomic mass is 16.7. The molecule has 3 fully saturated rings. The Kier molecular flexibility index (Phi) is 22.5. The molecule has 0 aromatic rings. The van der Waals surface area contributed by atoms with Crippen LogP contribution in [0.15, 0.2) is 24.3 Å². The summed E-state index contributed by atoms with van der Waals surface area (Å²) < 4.78 is 62.7. The molecule has 4 rings (SSSR count). The van der Waals surface area contributed by atoms with Crippen molar-refractivity contribution in [1.29, 1.82) is 0 Å². The van der Waals surface area contributed by atoms with Crippen LogP contribution in [0.4, 0.5) is 0 Å². The van der Waals surface area contributed by atoms with Crippen LogP contribution < -0.4 is 0 Å². The van der Waals surface area contributed by atoms with Gasteiger partial charge in [0.25, 0.3) is 0 Å². The van der Waals surface area contributed by atoms with Crippen molar-refractivity contribution in [1.82, 2.24) is 9.80 Å². The fraction of sp³-hybridized carbons (Fsp3) is 0.840. The Hall–Kier alpha value is -2.88. The summed E-state index contributed by atoms with van der Waals surface area (Å²) >= 11 is 0. The van der Waals surface area contributed by atoms with Crippen LogP contribution in [0.3, 0.4) is 0 Å². The summed E-state index contributed by atoms with van der Waals surface area (Å²) in [6.07, 6.45) is -1.77. The van der Waals surface area contributed by atoms with Gasteiger partial charge in [-0.05, 0) is 99.8 Å². The molecule has 2 N–H and O–H groups in total. The number of esters is 3. The first-order chi connectivity index (χ1) is 31.9. The summed E-state index contributed by atoms with van der Waals surface area (Å²) in [5.41, 5.74) is -1.51. The average molecular weight is 969 g/mol. The van der Waals surface area contributed by atoms with Crippen molar-refractivity contribution < 1.29 is 76.8 Å². The molecule has 4 aliphatic heterocycles. The number of rotatable bonds is 15. The van der Waals surface area contributed by atoms with Gasteiger partial charge in [0.15, 0.2) is 25.0 Å². The standard InChI is InChI=1S/C50H84N2O16/c1-28(2)24-39(55)66-48-33(7)62-42(27-50(48,9)58)67-45-32(6)63-49(44(57)43(45)52(12)13)68-46-35(22-23-53)25-29(3)37(65-41-21-20-36(51(10)11)31(5)61-41)19-17-15-16-18-30(4)60-40(56)26-38(47(46)59-14)64-34(8)54/h15-17,19,23,28-33,35-38,41-49,57-58H,18,20-22,24-27H2,1-14H3/b16-15+,19-17+/t29-,30-,31-,32-,33+,35+,36+,37+,38-,41+,42+,43-,44-,45-,46+,47+,48+,49+,50-/m1/s1. The number of carbonyl (C=O) groups excluding carboxylic acids is 4. The van der Waals surface area contributed by atoms with Crippen LogP contribution in [0.25, 0.3) is 0 Å². The number of methoxy groups -OCH3 is 1. The molecule has 4 aliphatic rings. The van der Waals surface area contributed by atoms with E-state index in [-0.39, 0.29) is 43.2 Å². The number of aliphatic hydroxyl groups is 2. The summed E-state index contributed by atoms with van der Waals surface area (Å²) in [5.74, 6) is -2.62. The van der Waals surface area contributed by atoms with E-state index >= 15 is 0 Å². The molecule has 0 saturated carbocycles. The second-order valence-electron chi connectivity index (χ2n) is 20.5. The zero-order valence-corrected chi connectivity index (χ0v) is 43.0. The zero-order chi connectivity index (χ0) is 50.6. The first kappa shape index (κ1) is 57.7. The first-order valence-electron chi connectivity index (χ1n) is 24.5. The van der Waals surface area contributed by atoms with Gasteiger partial charge in [-0.3, -0.25) is 14.4 Å². The van der Waals surface area contributed by atoms with Gasteiger partial charge in [0.05, 0.1) is 43.0 Å². The number of allylic oxidation sites excluding steroid dienone is 2. The van der Waals surface area contributed by atoms with Gasteiger partial charge in [0.2, 0.25) is 0 Å². The quantitative estimate of drug-likeness (QED) is 0.132. The maximum atomic E-state index is 13.5. The van der Waals surface area contributed by atoms with Crippen molar-refractivity contribution in [2.45, 2.75) is 217 Å². The van der Waals surface area contributed by atoms with Crippen LogP contribution in [0, 0.1) is 17.8 Å². The highest BCUT2D eigenvalue weighted by Gasteiger charge is 2.53. The summed E-state index contributed by atoms with van der Waals surface area (Å²) in [6.45, 7) is 15.9. The number of aldehydes is 1. The molecule has 0 amide bonds. The summed E-state index contributed by atoms with van der Waals surface area (Å²) in [6, 6.07) is -0.550. The van der Waals surface area contributed by atoms with Gasteiger partial charge >= 0.3 is 17.9 Å². The van der Waals surface area contributed by atoms with Crippen LogP contribution in [-0.4, -0.2) is 183 Å². The van der Waals surface area contributed by atoms with Crippen LogP contribution in [0.1, 0.15) is 114 Å². The molecule has 0 bridgehead atoms. The van der Waals surface area contributed by atoms with Crippen LogP contribution >= 0.6 is 0 Å². The smallest absolute Gasteiger partial charge is 0.309 e. The lowest BCUT2D eigenvalue weighted by Gasteiger charge is -2.50. The maximum Gasteiger partial charge on any atom is 0.309 e. The van der Waals surface area contributed by atoms with Gasteiger partial charge in [0, 0.05) is 45.8 Å². The Balaban J connectivity index is 1.69. The molecule has 0 aromatic carbocycles. The summed E-state index contributed by atoms with van der Waals surface area (Å²) in [5, 5.41) is 23.9. The molecule has 0 aromatic heterocycles. The SMILES string of the molecule is CO[C@@H]1[C@@H](O[C@@H]2O[C@H](C)[C@@H](O[C@H]3C[C@@](C)(O)[C@@H](OC(=O)CC(C)C)[C@H](C)O3)[C@H](N(C)C)[C@H]2O)[C@@H](CC=O)C[C@@H](C)[C@@H](O[C@H]2CC[C@H](N(C)C)[C@@H](C)O2)/C=C/C=C/C[C@@H](C)OC(=O)C[C@H]1OC(C)=O. The van der Waals surface area contributed by atoms with E-state index in [1.54, 1.807) is 46.7 Å².